The van der Waals surface area contributed by atoms with Crippen molar-refractivity contribution in [1.82, 2.24) is 0 Å². The maximum absolute atomic E-state index is 13.0. The van der Waals surface area contributed by atoms with E-state index in [1.54, 1.807) is 52.0 Å². The molecule has 132 valence electrons. The molecule has 0 bridgehead atoms. The summed E-state index contributed by atoms with van der Waals surface area (Å²) in [6.07, 6.45) is -0.981. The number of hydrogen-bond donors (Lipinski definition) is 1. The predicted octanol–water partition coefficient (Wildman–Crippen LogP) is 4.48. The average molecular weight is 375 g/mol. The molecule has 0 amide bonds. The molecule has 0 saturated carbocycles. The fraction of sp³-hybridized carbons (Fsp3) is 0.438. The molecule has 0 saturated heterocycles. The van der Waals surface area contributed by atoms with Crippen LogP contribution in [0.15, 0.2) is 33.5 Å². The third-order valence-electron chi connectivity index (χ3n) is 3.06. The third kappa shape index (κ3) is 3.90. The second-order valence-corrected chi connectivity index (χ2v) is 8.20. The molecule has 1 aromatic carbocycles. The topological polar surface area (TPSA) is 86.0 Å². The second-order valence-electron chi connectivity index (χ2n) is 5.84. The smallest absolute Gasteiger partial charge is 0.364 e. The van der Waals surface area contributed by atoms with E-state index in [9.17, 15) is 14.5 Å². The van der Waals surface area contributed by atoms with Crippen LogP contribution in [-0.2, 0) is 13.6 Å². The number of para-hydroxylation sites is 1. The van der Waals surface area contributed by atoms with Gasteiger partial charge in [0.2, 0.25) is 0 Å². The highest BCUT2D eigenvalue weighted by atomic mass is 35.5. The van der Waals surface area contributed by atoms with E-state index in [-0.39, 0.29) is 16.2 Å². The van der Waals surface area contributed by atoms with Crippen LogP contribution in [0.1, 0.15) is 39.1 Å². The minimum absolute atomic E-state index is 0.0331. The summed E-state index contributed by atoms with van der Waals surface area (Å²) in [6, 6.07) is 6.60. The van der Waals surface area contributed by atoms with Gasteiger partial charge in [0.25, 0.3) is 0 Å². The monoisotopic (exact) mass is 374 g/mol. The first kappa shape index (κ1) is 19.2. The lowest BCUT2D eigenvalue weighted by Crippen LogP contribution is -2.19. The summed E-state index contributed by atoms with van der Waals surface area (Å²) in [6.45, 7) is 6.59. The highest BCUT2D eigenvalue weighted by Gasteiger charge is 2.41. The summed E-state index contributed by atoms with van der Waals surface area (Å²) < 4.78 is 28.9. The number of aliphatic hydroxyl groups is 1. The van der Waals surface area contributed by atoms with Crippen LogP contribution >= 0.6 is 19.2 Å². The Morgan fingerprint density at radius 2 is 1.67 bits per heavy atom. The number of rotatable bonds is 6. The zero-order valence-electron chi connectivity index (χ0n) is 13.9. The van der Waals surface area contributed by atoms with Crippen LogP contribution in [0.5, 0.6) is 0 Å². The number of halogens is 1. The molecule has 1 aromatic heterocycles. The normalized spacial score (nSPS) is 13.8. The van der Waals surface area contributed by atoms with Crippen LogP contribution in [0.25, 0.3) is 11.0 Å². The summed E-state index contributed by atoms with van der Waals surface area (Å²) in [5.74, 6) is -1.85. The molecular formula is C16H20ClO6P. The molecule has 24 heavy (non-hydrogen) atoms. The van der Waals surface area contributed by atoms with E-state index >= 15 is 0 Å². The van der Waals surface area contributed by atoms with Crippen molar-refractivity contribution in [2.24, 2.45) is 0 Å². The maximum Gasteiger partial charge on any atom is 0.364 e. The summed E-state index contributed by atoms with van der Waals surface area (Å²) in [5.41, 5.74) is -0.945. The summed E-state index contributed by atoms with van der Waals surface area (Å²) in [7, 11) is -4.07. The zero-order valence-corrected chi connectivity index (χ0v) is 15.5. The van der Waals surface area contributed by atoms with Crippen LogP contribution in [0.4, 0.5) is 0 Å². The lowest BCUT2D eigenvalue weighted by Gasteiger charge is -2.26. The Morgan fingerprint density at radius 3 is 2.21 bits per heavy atom. The Kier molecular flexibility index (Phi) is 5.89. The predicted molar refractivity (Wildman–Crippen MR) is 92.5 cm³/mol. The Labute approximate surface area is 144 Å². The van der Waals surface area contributed by atoms with E-state index in [0.717, 1.165) is 0 Å². The molecule has 2 rings (SSSR count). The van der Waals surface area contributed by atoms with Crippen molar-refractivity contribution in [3.05, 3.63) is 45.3 Å². The first-order chi connectivity index (χ1) is 11.2. The summed E-state index contributed by atoms with van der Waals surface area (Å²) >= 11 is 6.27. The van der Waals surface area contributed by atoms with Crippen molar-refractivity contribution in [2.75, 3.05) is 0 Å². The van der Waals surface area contributed by atoms with Gasteiger partial charge in [0.15, 0.2) is 5.85 Å². The molecular weight excluding hydrogens is 355 g/mol. The first-order valence-corrected chi connectivity index (χ1v) is 9.50. The molecule has 1 heterocycles. The van der Waals surface area contributed by atoms with Crippen molar-refractivity contribution in [1.29, 1.82) is 0 Å². The Morgan fingerprint density at radius 1 is 1.12 bits per heavy atom. The molecule has 2 aromatic rings. The average Bonchev–Trinajstić information content (AvgIpc) is 2.45. The van der Waals surface area contributed by atoms with Gasteiger partial charge in [0, 0.05) is 5.39 Å². The van der Waals surface area contributed by atoms with Gasteiger partial charge in [0.05, 0.1) is 22.8 Å². The minimum atomic E-state index is -4.07. The third-order valence-corrected chi connectivity index (χ3v) is 5.75. The van der Waals surface area contributed by atoms with Crippen LogP contribution in [0.3, 0.4) is 0 Å². The molecule has 0 aliphatic heterocycles. The van der Waals surface area contributed by atoms with E-state index in [4.69, 9.17) is 25.1 Å². The minimum Gasteiger partial charge on any atom is -0.422 e. The highest BCUT2D eigenvalue weighted by Crippen LogP contribution is 2.61. The number of hydrogen-bond acceptors (Lipinski definition) is 6. The zero-order chi connectivity index (χ0) is 18.1. The lowest BCUT2D eigenvalue weighted by molar-refractivity contribution is 0.100. The van der Waals surface area contributed by atoms with Crippen molar-refractivity contribution >= 4 is 30.2 Å². The van der Waals surface area contributed by atoms with Crippen molar-refractivity contribution < 1.29 is 23.1 Å². The van der Waals surface area contributed by atoms with Gasteiger partial charge in [-0.05, 0) is 39.8 Å². The molecule has 0 radical (unpaired) electrons. The molecule has 0 aliphatic carbocycles. The van der Waals surface area contributed by atoms with Crippen LogP contribution in [0.2, 0.25) is 5.02 Å². The van der Waals surface area contributed by atoms with Gasteiger partial charge >= 0.3 is 13.2 Å². The fourth-order valence-corrected chi connectivity index (χ4v) is 4.65. The van der Waals surface area contributed by atoms with E-state index in [0.29, 0.717) is 5.39 Å². The van der Waals surface area contributed by atoms with E-state index in [1.807, 2.05) is 0 Å². The molecule has 6 nitrogen and oxygen atoms in total. The lowest BCUT2D eigenvalue weighted by atomic mass is 10.2. The number of aliphatic hydroxyl groups excluding tert-OH is 1. The first-order valence-electron chi connectivity index (χ1n) is 7.51. The SMILES string of the molecule is CC(C)OP(=O)(OC(C)C)C(O)c1c(Cl)c2ccccc2oc1=O. The Bertz CT molecular complexity index is 815. The molecule has 1 N–H and O–H groups in total. The summed E-state index contributed by atoms with van der Waals surface area (Å²) in [5, 5.41) is 11.0. The van der Waals surface area contributed by atoms with Gasteiger partial charge in [-0.3, -0.25) is 4.57 Å². The van der Waals surface area contributed by atoms with Crippen LogP contribution in [-0.4, -0.2) is 17.3 Å². The van der Waals surface area contributed by atoms with Gasteiger partial charge in [-0.15, -0.1) is 0 Å². The molecule has 0 spiro atoms. The van der Waals surface area contributed by atoms with Gasteiger partial charge in [-0.1, -0.05) is 23.7 Å². The number of benzene rings is 1. The van der Waals surface area contributed by atoms with E-state index in [1.165, 1.54) is 0 Å². The fourth-order valence-electron chi connectivity index (χ4n) is 2.23. The number of fused-ring (bicyclic) bond motifs is 1. The quantitative estimate of drug-likeness (QED) is 0.592. The standard InChI is InChI=1S/C16H20ClO6P/c1-9(2)22-24(20,23-10(3)4)16(19)13-14(17)11-7-5-6-8-12(11)21-15(13)18/h5-10,16,19H,1-4H3. The van der Waals surface area contributed by atoms with Crippen molar-refractivity contribution in [3.63, 3.8) is 0 Å². The Balaban J connectivity index is 2.62. The van der Waals surface area contributed by atoms with Crippen molar-refractivity contribution in [3.8, 4) is 0 Å². The van der Waals surface area contributed by atoms with Gasteiger partial charge in [-0.2, -0.15) is 0 Å². The second kappa shape index (κ2) is 7.38. The molecule has 0 aliphatic rings. The van der Waals surface area contributed by atoms with E-state index in [2.05, 4.69) is 0 Å². The maximum atomic E-state index is 13.0. The van der Waals surface area contributed by atoms with Gasteiger partial charge in [-0.25, -0.2) is 4.79 Å². The van der Waals surface area contributed by atoms with Gasteiger partial charge < -0.3 is 18.6 Å². The molecule has 8 heteroatoms. The van der Waals surface area contributed by atoms with E-state index < -0.39 is 31.3 Å². The van der Waals surface area contributed by atoms with Crippen molar-refractivity contribution in [2.45, 2.75) is 45.7 Å². The molecule has 0 fully saturated rings. The summed E-state index contributed by atoms with van der Waals surface area (Å²) in [4.78, 5) is 12.3. The van der Waals surface area contributed by atoms with Crippen LogP contribution in [0, 0.1) is 0 Å². The molecule has 1 atom stereocenters. The Hall–Kier alpha value is -1.17. The highest BCUT2D eigenvalue weighted by molar-refractivity contribution is 7.54. The largest absolute Gasteiger partial charge is 0.422 e. The van der Waals surface area contributed by atoms with Crippen LogP contribution < -0.4 is 5.63 Å². The van der Waals surface area contributed by atoms with Gasteiger partial charge in [0.1, 0.15) is 5.58 Å². The molecule has 1 unspecified atom stereocenters.